The molecule has 0 spiro atoms. The van der Waals surface area contributed by atoms with Crippen LogP contribution in [-0.4, -0.2) is 37.6 Å². The summed E-state index contributed by atoms with van der Waals surface area (Å²) in [7, 11) is 0. The van der Waals surface area contributed by atoms with Crippen molar-refractivity contribution in [3.63, 3.8) is 0 Å². The second-order valence-corrected chi connectivity index (χ2v) is 10.7. The Kier molecular flexibility index (Phi) is 7.07. The zero-order valence-corrected chi connectivity index (χ0v) is 22.1. The fourth-order valence-electron chi connectivity index (χ4n) is 3.82. The van der Waals surface area contributed by atoms with Crippen LogP contribution in [0, 0.1) is 20.8 Å². The molecule has 3 heterocycles. The average Bonchev–Trinajstić information content (AvgIpc) is 3.54. The van der Waals surface area contributed by atoms with Gasteiger partial charge in [-0.1, -0.05) is 18.2 Å². The van der Waals surface area contributed by atoms with Gasteiger partial charge in [0, 0.05) is 16.1 Å². The summed E-state index contributed by atoms with van der Waals surface area (Å²) in [5.74, 6) is 0.874. The molecule has 0 bridgehead atoms. The summed E-state index contributed by atoms with van der Waals surface area (Å²) in [6.07, 6.45) is 0. The van der Waals surface area contributed by atoms with Gasteiger partial charge in [-0.2, -0.15) is 4.80 Å². The molecular formula is C26H30N6O3S. The zero-order chi connectivity index (χ0) is 26.0. The minimum Gasteiger partial charge on any atom is -0.458 e. The van der Waals surface area contributed by atoms with E-state index in [0.29, 0.717) is 11.4 Å². The summed E-state index contributed by atoms with van der Waals surface area (Å²) in [6, 6.07) is 12.3. The summed E-state index contributed by atoms with van der Waals surface area (Å²) in [5.41, 5.74) is 2.03. The Morgan fingerprint density at radius 2 is 1.92 bits per heavy atom. The number of hydrogen-bond donors (Lipinski definition) is 1. The van der Waals surface area contributed by atoms with Gasteiger partial charge in [0.2, 0.25) is 11.7 Å². The van der Waals surface area contributed by atoms with Crippen molar-refractivity contribution in [3.05, 3.63) is 69.6 Å². The topological polar surface area (TPSA) is 106 Å². The van der Waals surface area contributed by atoms with Crippen molar-refractivity contribution < 1.29 is 14.0 Å². The molecule has 0 aliphatic rings. The Morgan fingerprint density at radius 1 is 1.14 bits per heavy atom. The number of anilines is 1. The molecule has 9 nitrogen and oxygen atoms in total. The van der Waals surface area contributed by atoms with Gasteiger partial charge in [-0.3, -0.25) is 14.5 Å². The van der Waals surface area contributed by atoms with Crippen molar-refractivity contribution >= 4 is 28.8 Å². The van der Waals surface area contributed by atoms with Crippen LogP contribution in [0.25, 0.3) is 11.6 Å². The summed E-state index contributed by atoms with van der Waals surface area (Å²) >= 11 is 1.43. The summed E-state index contributed by atoms with van der Waals surface area (Å²) in [5, 5.41) is 17.4. The molecule has 0 aliphatic carbocycles. The maximum Gasteiger partial charge on any atom is 0.251 e. The maximum atomic E-state index is 13.9. The number of rotatable bonds is 7. The summed E-state index contributed by atoms with van der Waals surface area (Å²) in [6.45, 7) is 11.2. The molecule has 2 amide bonds. The van der Waals surface area contributed by atoms with Gasteiger partial charge in [0.1, 0.15) is 18.3 Å². The molecule has 1 N–H and O–H groups in total. The highest BCUT2D eigenvalue weighted by molar-refractivity contribution is 7.10. The van der Waals surface area contributed by atoms with Crippen LogP contribution in [0.15, 0.2) is 52.3 Å². The third-order valence-electron chi connectivity index (χ3n) is 5.40. The maximum absolute atomic E-state index is 13.9. The quantitative estimate of drug-likeness (QED) is 0.392. The molecule has 4 aromatic rings. The molecule has 0 radical (unpaired) electrons. The number of benzene rings is 1. The molecule has 3 aromatic heterocycles. The van der Waals surface area contributed by atoms with Gasteiger partial charge in [0.15, 0.2) is 5.76 Å². The number of amides is 2. The number of aryl methyl sites for hydroxylation is 3. The lowest BCUT2D eigenvalue weighted by atomic mass is 10.0. The molecule has 0 saturated carbocycles. The van der Waals surface area contributed by atoms with Crippen LogP contribution in [-0.2, 0) is 16.1 Å². The number of carbonyl (C=O) groups excluding carboxylic acids is 2. The van der Waals surface area contributed by atoms with E-state index in [4.69, 9.17) is 4.42 Å². The van der Waals surface area contributed by atoms with E-state index in [1.165, 1.54) is 16.1 Å². The van der Waals surface area contributed by atoms with Crippen LogP contribution < -0.4 is 10.2 Å². The fourth-order valence-corrected chi connectivity index (χ4v) is 4.63. The molecule has 0 fully saturated rings. The van der Waals surface area contributed by atoms with E-state index in [1.807, 2.05) is 83.3 Å². The number of hydrogen-bond acceptors (Lipinski definition) is 7. The van der Waals surface area contributed by atoms with E-state index >= 15 is 0 Å². The Labute approximate surface area is 214 Å². The van der Waals surface area contributed by atoms with Crippen LogP contribution in [0.5, 0.6) is 0 Å². The lowest BCUT2D eigenvalue weighted by Crippen LogP contribution is -2.50. The number of furan rings is 1. The standard InChI is InChI=1S/C26H30N6O3S/c1-16-9-10-17(2)19(14-16)32(23(21-8-7-13-36-21)25(34)27-26(4,5)6)22(33)15-31-29-24(28-30-31)20-12-11-18(3)35-20/h7-14,23H,15H2,1-6H3,(H,27,34)/t23-/m0/s1. The molecule has 10 heteroatoms. The van der Waals surface area contributed by atoms with E-state index in [1.54, 1.807) is 11.0 Å². The van der Waals surface area contributed by atoms with Gasteiger partial charge in [-0.25, -0.2) is 0 Å². The molecule has 4 rings (SSSR count). The van der Waals surface area contributed by atoms with Gasteiger partial charge >= 0.3 is 0 Å². The van der Waals surface area contributed by atoms with E-state index in [9.17, 15) is 9.59 Å². The normalized spacial score (nSPS) is 12.4. The Hall–Kier alpha value is -3.79. The highest BCUT2D eigenvalue weighted by atomic mass is 32.1. The first-order valence-corrected chi connectivity index (χ1v) is 12.5. The zero-order valence-electron chi connectivity index (χ0n) is 21.3. The van der Waals surface area contributed by atoms with Gasteiger partial charge in [0.25, 0.3) is 5.91 Å². The molecule has 0 saturated heterocycles. The Bertz CT molecular complexity index is 1370. The monoisotopic (exact) mass is 506 g/mol. The Balaban J connectivity index is 1.75. The lowest BCUT2D eigenvalue weighted by molar-refractivity contribution is -0.128. The third kappa shape index (κ3) is 5.71. The van der Waals surface area contributed by atoms with Crippen molar-refractivity contribution in [2.24, 2.45) is 0 Å². The number of tetrazole rings is 1. The summed E-state index contributed by atoms with van der Waals surface area (Å²) in [4.78, 5) is 31.1. The predicted octanol–water partition coefficient (Wildman–Crippen LogP) is 4.61. The van der Waals surface area contributed by atoms with Gasteiger partial charge < -0.3 is 9.73 Å². The largest absolute Gasteiger partial charge is 0.458 e. The lowest BCUT2D eigenvalue weighted by Gasteiger charge is -2.34. The molecule has 1 atom stereocenters. The predicted molar refractivity (Wildman–Crippen MR) is 139 cm³/mol. The van der Waals surface area contributed by atoms with Gasteiger partial charge in [-0.15, -0.1) is 21.5 Å². The second-order valence-electron chi connectivity index (χ2n) is 9.76. The number of nitrogens with zero attached hydrogens (tertiary/aromatic N) is 5. The first-order chi connectivity index (χ1) is 17.0. The second kappa shape index (κ2) is 10.1. The van der Waals surface area contributed by atoms with Crippen LogP contribution >= 0.6 is 11.3 Å². The van der Waals surface area contributed by atoms with Crippen molar-refractivity contribution in [2.45, 2.75) is 59.7 Å². The third-order valence-corrected chi connectivity index (χ3v) is 6.33. The smallest absolute Gasteiger partial charge is 0.251 e. The number of carbonyl (C=O) groups is 2. The molecule has 0 unspecified atom stereocenters. The SMILES string of the molecule is Cc1ccc(C)c(N(C(=O)Cn2nnc(-c3ccc(C)o3)n2)[C@H](C(=O)NC(C)(C)C)c2cccs2)c1. The summed E-state index contributed by atoms with van der Waals surface area (Å²) < 4.78 is 5.57. The van der Waals surface area contributed by atoms with Crippen LogP contribution in [0.2, 0.25) is 0 Å². The number of aromatic nitrogens is 4. The van der Waals surface area contributed by atoms with E-state index in [-0.39, 0.29) is 24.2 Å². The molecule has 188 valence electrons. The van der Waals surface area contributed by atoms with Crippen molar-refractivity contribution in [1.29, 1.82) is 0 Å². The van der Waals surface area contributed by atoms with E-state index in [0.717, 1.165) is 21.8 Å². The molecular weight excluding hydrogens is 476 g/mol. The minimum absolute atomic E-state index is 0.204. The number of nitrogens with one attached hydrogen (secondary N) is 1. The minimum atomic E-state index is -0.868. The van der Waals surface area contributed by atoms with Crippen LogP contribution in [0.4, 0.5) is 5.69 Å². The van der Waals surface area contributed by atoms with Crippen molar-refractivity contribution in [3.8, 4) is 11.6 Å². The van der Waals surface area contributed by atoms with Crippen LogP contribution in [0.1, 0.15) is 48.6 Å². The first kappa shape index (κ1) is 25.3. The highest BCUT2D eigenvalue weighted by Crippen LogP contribution is 2.34. The first-order valence-electron chi connectivity index (χ1n) is 11.6. The van der Waals surface area contributed by atoms with Crippen LogP contribution in [0.3, 0.4) is 0 Å². The average molecular weight is 507 g/mol. The Morgan fingerprint density at radius 3 is 2.56 bits per heavy atom. The van der Waals surface area contributed by atoms with Gasteiger partial charge in [-0.05, 0) is 87.5 Å². The van der Waals surface area contributed by atoms with Gasteiger partial charge in [0.05, 0.1) is 0 Å². The number of thiophene rings is 1. The van der Waals surface area contributed by atoms with Crippen molar-refractivity contribution in [2.75, 3.05) is 4.90 Å². The highest BCUT2D eigenvalue weighted by Gasteiger charge is 2.36. The van der Waals surface area contributed by atoms with Crippen molar-refractivity contribution in [1.82, 2.24) is 25.5 Å². The van der Waals surface area contributed by atoms with E-state index < -0.39 is 11.6 Å². The molecule has 0 aliphatic heterocycles. The van der Waals surface area contributed by atoms with E-state index in [2.05, 4.69) is 20.7 Å². The molecule has 1 aromatic carbocycles. The molecule has 36 heavy (non-hydrogen) atoms. The fraction of sp³-hybridized carbons (Fsp3) is 0.346.